The highest BCUT2D eigenvalue weighted by Crippen LogP contribution is 2.16. The van der Waals surface area contributed by atoms with Crippen molar-refractivity contribution >= 4 is 36.0 Å². The molecule has 2 aromatic carbocycles. The van der Waals surface area contributed by atoms with Crippen molar-refractivity contribution in [3.05, 3.63) is 64.3 Å². The molecule has 2 rings (SSSR count). The number of urea groups is 1. The lowest BCUT2D eigenvalue weighted by atomic mass is 10.2. The van der Waals surface area contributed by atoms with E-state index in [9.17, 15) is 4.79 Å². The molecular weight excluding hydrogens is 431 g/mol. The molecule has 182 valence electrons. The molecule has 0 atom stereocenters. The van der Waals surface area contributed by atoms with Gasteiger partial charge in [-0.3, -0.25) is 0 Å². The van der Waals surface area contributed by atoms with Crippen molar-refractivity contribution in [3.63, 3.8) is 0 Å². The lowest BCUT2D eigenvalue weighted by molar-refractivity contribution is 0.253. The van der Waals surface area contributed by atoms with E-state index in [0.717, 1.165) is 24.8 Å². The minimum absolute atomic E-state index is 0.278. The average Bonchev–Trinajstić information content (AvgIpc) is 2.77. The first-order chi connectivity index (χ1) is 16.3. The number of allylic oxidation sites excluding steroid dienone is 1. The van der Waals surface area contributed by atoms with Gasteiger partial charge in [0.15, 0.2) is 0 Å². The number of carbonyl (C=O) groups is 1. The average molecular weight is 467 g/mol. The van der Waals surface area contributed by atoms with Gasteiger partial charge < -0.3 is 20.7 Å². The molecule has 34 heavy (non-hydrogen) atoms. The predicted molar refractivity (Wildman–Crippen MR) is 140 cm³/mol. The third kappa shape index (κ3) is 8.73. The molecule has 0 spiro atoms. The zero-order chi connectivity index (χ0) is 24.9. The SMILES string of the molecule is C=c1cc(OCCCCC)cc(F)/c1=C(/N=CC)Nc1ccc(NC(=O)NCC=C(C)C)cc1. The van der Waals surface area contributed by atoms with E-state index < -0.39 is 5.82 Å². The Bertz CT molecular complexity index is 1120. The Morgan fingerprint density at radius 1 is 1.12 bits per heavy atom. The van der Waals surface area contributed by atoms with Gasteiger partial charge in [-0.15, -0.1) is 0 Å². The van der Waals surface area contributed by atoms with E-state index >= 15 is 4.39 Å². The number of hydrogen-bond donors (Lipinski definition) is 3. The van der Waals surface area contributed by atoms with E-state index in [1.807, 2.05) is 19.9 Å². The fraction of sp³-hybridized carbons (Fsp3) is 0.333. The maximum Gasteiger partial charge on any atom is 0.319 e. The van der Waals surface area contributed by atoms with Gasteiger partial charge in [-0.1, -0.05) is 38.0 Å². The third-order valence-corrected chi connectivity index (χ3v) is 4.84. The highest BCUT2D eigenvalue weighted by Gasteiger charge is 2.08. The fourth-order valence-electron chi connectivity index (χ4n) is 3.11. The van der Waals surface area contributed by atoms with E-state index in [2.05, 4.69) is 34.4 Å². The second kappa shape index (κ2) is 13.8. The number of anilines is 2. The molecule has 0 saturated carbocycles. The largest absolute Gasteiger partial charge is 0.493 e. The summed E-state index contributed by atoms with van der Waals surface area (Å²) in [5.74, 6) is 0.334. The maximum absolute atomic E-state index is 15.0. The standard InChI is InChI=1S/C27H35FN4O2/c1-6-8-9-16-34-23-17-20(5)25(24(28)18-23)26(29-7-2)31-21-10-12-22(13-11-21)32-27(33)30-15-14-19(3)4/h7,10-14,17-18,31H,5-6,8-9,15-16H2,1-4H3,(H2,30,32,33)/b26-25-,29-7?. The number of benzene rings is 2. The molecule has 0 bridgehead atoms. The Morgan fingerprint density at radius 2 is 1.79 bits per heavy atom. The Hall–Kier alpha value is -3.61. The lowest BCUT2D eigenvalue weighted by Crippen LogP contribution is -2.31. The zero-order valence-corrected chi connectivity index (χ0v) is 20.5. The summed E-state index contributed by atoms with van der Waals surface area (Å²) in [6.45, 7) is 12.8. The molecular formula is C27H35FN4O2. The van der Waals surface area contributed by atoms with Crippen LogP contribution in [0, 0.1) is 5.82 Å². The first-order valence-electron chi connectivity index (χ1n) is 11.5. The van der Waals surface area contributed by atoms with Gasteiger partial charge in [0.1, 0.15) is 17.4 Å². The molecule has 0 aromatic heterocycles. The van der Waals surface area contributed by atoms with Gasteiger partial charge in [0.05, 0.1) is 11.8 Å². The molecule has 6 nitrogen and oxygen atoms in total. The number of amides is 2. The van der Waals surface area contributed by atoms with Gasteiger partial charge in [-0.05, 0) is 62.7 Å². The summed E-state index contributed by atoms with van der Waals surface area (Å²) in [7, 11) is 0. The van der Waals surface area contributed by atoms with Crippen molar-refractivity contribution in [3.8, 4) is 5.75 Å². The Kier molecular flexibility index (Phi) is 10.8. The van der Waals surface area contributed by atoms with Gasteiger partial charge in [0.2, 0.25) is 0 Å². The number of carbonyl (C=O) groups excluding carboxylic acids is 1. The molecule has 3 N–H and O–H groups in total. The molecule has 0 heterocycles. The Morgan fingerprint density at radius 3 is 2.38 bits per heavy atom. The number of hydrogen-bond acceptors (Lipinski definition) is 4. The van der Waals surface area contributed by atoms with Crippen LogP contribution in [0.1, 0.15) is 47.0 Å². The van der Waals surface area contributed by atoms with Crippen molar-refractivity contribution in [2.75, 3.05) is 23.8 Å². The van der Waals surface area contributed by atoms with E-state index in [4.69, 9.17) is 4.74 Å². The number of nitrogens with one attached hydrogen (secondary N) is 3. The number of rotatable bonds is 11. The third-order valence-electron chi connectivity index (χ3n) is 4.84. The van der Waals surface area contributed by atoms with Crippen molar-refractivity contribution < 1.29 is 13.9 Å². The number of nitrogens with zero attached hydrogens (tertiary/aromatic N) is 1. The van der Waals surface area contributed by atoms with Crippen LogP contribution in [0.15, 0.2) is 53.0 Å². The number of aliphatic imine (C=N–C) groups is 1. The van der Waals surface area contributed by atoms with E-state index in [1.54, 1.807) is 43.5 Å². The smallest absolute Gasteiger partial charge is 0.319 e. The predicted octanol–water partition coefficient (Wildman–Crippen LogP) is 5.16. The summed E-state index contributed by atoms with van der Waals surface area (Å²) in [5.41, 5.74) is 2.46. The summed E-state index contributed by atoms with van der Waals surface area (Å²) in [5, 5.41) is 9.43. The van der Waals surface area contributed by atoms with Gasteiger partial charge in [0, 0.05) is 30.2 Å². The van der Waals surface area contributed by atoms with E-state index in [-0.39, 0.29) is 11.2 Å². The van der Waals surface area contributed by atoms with Crippen LogP contribution < -0.4 is 31.1 Å². The van der Waals surface area contributed by atoms with Gasteiger partial charge in [0.25, 0.3) is 0 Å². The number of ether oxygens (including phenoxy) is 1. The Balaban J connectivity index is 2.17. The second-order valence-corrected chi connectivity index (χ2v) is 8.05. The van der Waals surface area contributed by atoms with Crippen LogP contribution in [0.5, 0.6) is 5.75 Å². The first kappa shape index (κ1) is 26.6. The number of unbranched alkanes of at least 4 members (excludes halogenated alkanes) is 2. The molecule has 0 radical (unpaired) electrons. The van der Waals surface area contributed by atoms with Crippen LogP contribution in [0.3, 0.4) is 0 Å². The van der Waals surface area contributed by atoms with Crippen molar-refractivity contribution in [1.29, 1.82) is 0 Å². The van der Waals surface area contributed by atoms with Crippen molar-refractivity contribution in [2.45, 2.75) is 47.0 Å². The number of halogens is 1. The maximum atomic E-state index is 15.0. The second-order valence-electron chi connectivity index (χ2n) is 8.05. The van der Waals surface area contributed by atoms with Crippen LogP contribution in [-0.2, 0) is 0 Å². The normalized spacial score (nSPS) is 11.7. The molecule has 2 amide bonds. The molecule has 7 heteroatoms. The molecule has 0 fully saturated rings. The van der Waals surface area contributed by atoms with Gasteiger partial charge in [-0.2, -0.15) is 0 Å². The highest BCUT2D eigenvalue weighted by molar-refractivity contribution is 5.89. The molecule has 0 saturated heterocycles. The minimum Gasteiger partial charge on any atom is -0.493 e. The minimum atomic E-state index is -0.461. The van der Waals surface area contributed by atoms with Crippen LogP contribution in [0.25, 0.3) is 12.4 Å². The molecule has 0 aliphatic heterocycles. The van der Waals surface area contributed by atoms with Gasteiger partial charge in [-0.25, -0.2) is 14.2 Å². The monoisotopic (exact) mass is 466 g/mol. The highest BCUT2D eigenvalue weighted by atomic mass is 19.1. The summed E-state index contributed by atoms with van der Waals surface area (Å²) in [4.78, 5) is 16.3. The zero-order valence-electron chi connectivity index (χ0n) is 20.5. The molecule has 0 aliphatic carbocycles. The van der Waals surface area contributed by atoms with Crippen molar-refractivity contribution in [1.82, 2.24) is 5.32 Å². The van der Waals surface area contributed by atoms with E-state index in [1.165, 1.54) is 6.07 Å². The lowest BCUT2D eigenvalue weighted by Gasteiger charge is -2.11. The fourth-order valence-corrected chi connectivity index (χ4v) is 3.11. The quantitative estimate of drug-likeness (QED) is 0.243. The molecule has 0 unspecified atom stereocenters. The molecule has 0 aliphatic rings. The summed E-state index contributed by atoms with van der Waals surface area (Å²) in [6, 6.07) is 9.87. The summed E-state index contributed by atoms with van der Waals surface area (Å²) >= 11 is 0. The van der Waals surface area contributed by atoms with Crippen LogP contribution >= 0.6 is 0 Å². The topological polar surface area (TPSA) is 74.8 Å². The van der Waals surface area contributed by atoms with Crippen LogP contribution in [0.4, 0.5) is 20.6 Å². The van der Waals surface area contributed by atoms with Gasteiger partial charge >= 0.3 is 6.03 Å². The van der Waals surface area contributed by atoms with E-state index in [0.29, 0.717) is 41.3 Å². The van der Waals surface area contributed by atoms with Crippen LogP contribution in [0.2, 0.25) is 0 Å². The van der Waals surface area contributed by atoms with Crippen LogP contribution in [-0.4, -0.2) is 25.4 Å². The molecule has 2 aromatic rings. The Labute approximate surface area is 201 Å². The summed E-state index contributed by atoms with van der Waals surface area (Å²) in [6.07, 6.45) is 6.60. The summed E-state index contributed by atoms with van der Waals surface area (Å²) < 4.78 is 20.7. The van der Waals surface area contributed by atoms with Crippen molar-refractivity contribution in [2.24, 2.45) is 4.99 Å². The first-order valence-corrected chi connectivity index (χ1v) is 11.5.